The Morgan fingerprint density at radius 3 is 2.27 bits per heavy atom. The molecular weight excluding hydrogens is 212 g/mol. The summed E-state index contributed by atoms with van der Waals surface area (Å²) in [6.07, 6.45) is 5.81. The van der Waals surface area contributed by atoms with Crippen molar-refractivity contribution in [2.75, 3.05) is 6.26 Å². The van der Waals surface area contributed by atoms with Crippen molar-refractivity contribution in [3.8, 4) is 0 Å². The quantitative estimate of drug-likeness (QED) is 0.546. The standard InChI is InChI=1S/C10H22N2O2S/c1-10(2,15(3,13)14)9(12-11)7-8-5-4-6-8/h8-9,12H,4-7,11H2,1-3H3. The summed E-state index contributed by atoms with van der Waals surface area (Å²) in [7, 11) is -3.09. The molecule has 0 aromatic heterocycles. The van der Waals surface area contributed by atoms with E-state index in [-0.39, 0.29) is 6.04 Å². The Labute approximate surface area is 92.5 Å². The van der Waals surface area contributed by atoms with E-state index >= 15 is 0 Å². The Bertz CT molecular complexity index is 307. The SMILES string of the molecule is CC(C)(C(CC1CCC1)NN)S(C)(=O)=O. The molecule has 0 aliphatic heterocycles. The third kappa shape index (κ3) is 2.71. The maximum Gasteiger partial charge on any atom is 0.154 e. The third-order valence-corrected chi connectivity index (χ3v) is 5.99. The molecule has 0 aromatic rings. The van der Waals surface area contributed by atoms with Crippen molar-refractivity contribution < 1.29 is 8.42 Å². The van der Waals surface area contributed by atoms with Crippen LogP contribution in [0.1, 0.15) is 39.5 Å². The predicted molar refractivity (Wildman–Crippen MR) is 62.0 cm³/mol. The molecule has 15 heavy (non-hydrogen) atoms. The van der Waals surface area contributed by atoms with Gasteiger partial charge in [0.25, 0.3) is 0 Å². The summed E-state index contributed by atoms with van der Waals surface area (Å²) >= 11 is 0. The Hall–Kier alpha value is -0.130. The molecule has 1 unspecified atom stereocenters. The van der Waals surface area contributed by atoms with Gasteiger partial charge < -0.3 is 0 Å². The molecule has 0 heterocycles. The van der Waals surface area contributed by atoms with Gasteiger partial charge in [0.2, 0.25) is 0 Å². The zero-order valence-electron chi connectivity index (χ0n) is 9.79. The molecule has 0 aromatic carbocycles. The summed E-state index contributed by atoms with van der Waals surface area (Å²) in [4.78, 5) is 0. The highest BCUT2D eigenvalue weighted by Gasteiger charge is 2.40. The molecule has 0 spiro atoms. The summed E-state index contributed by atoms with van der Waals surface area (Å²) in [5.74, 6) is 6.11. The molecule has 0 saturated heterocycles. The zero-order chi connectivity index (χ0) is 11.7. The van der Waals surface area contributed by atoms with E-state index in [2.05, 4.69) is 5.43 Å². The molecule has 1 atom stereocenters. The normalized spacial score (nSPS) is 21.1. The molecule has 0 amide bonds. The molecule has 0 radical (unpaired) electrons. The molecule has 4 nitrogen and oxygen atoms in total. The smallest absolute Gasteiger partial charge is 0.154 e. The van der Waals surface area contributed by atoms with Crippen molar-refractivity contribution >= 4 is 9.84 Å². The van der Waals surface area contributed by atoms with Crippen LogP contribution in [-0.2, 0) is 9.84 Å². The van der Waals surface area contributed by atoms with Crippen LogP contribution < -0.4 is 11.3 Å². The van der Waals surface area contributed by atoms with Gasteiger partial charge in [-0.2, -0.15) is 0 Å². The minimum atomic E-state index is -3.09. The van der Waals surface area contributed by atoms with E-state index in [0.717, 1.165) is 6.42 Å². The van der Waals surface area contributed by atoms with E-state index in [1.54, 1.807) is 13.8 Å². The van der Waals surface area contributed by atoms with Crippen molar-refractivity contribution in [3.05, 3.63) is 0 Å². The van der Waals surface area contributed by atoms with Gasteiger partial charge in [0.15, 0.2) is 9.84 Å². The molecule has 1 aliphatic carbocycles. The summed E-state index contributed by atoms with van der Waals surface area (Å²) in [6, 6.07) is -0.155. The predicted octanol–water partition coefficient (Wildman–Crippen LogP) is 0.832. The summed E-state index contributed by atoms with van der Waals surface area (Å²) in [5, 5.41) is 0. The van der Waals surface area contributed by atoms with E-state index in [1.165, 1.54) is 25.5 Å². The van der Waals surface area contributed by atoms with Gasteiger partial charge in [0.05, 0.1) is 4.75 Å². The van der Waals surface area contributed by atoms with Crippen LogP contribution in [-0.4, -0.2) is 25.5 Å². The molecule has 0 bridgehead atoms. The minimum absolute atomic E-state index is 0.155. The largest absolute Gasteiger partial charge is 0.271 e. The molecule has 1 fully saturated rings. The maximum absolute atomic E-state index is 11.6. The average Bonchev–Trinajstić information content (AvgIpc) is 1.99. The fraction of sp³-hybridized carbons (Fsp3) is 1.00. The summed E-state index contributed by atoms with van der Waals surface area (Å²) < 4.78 is 22.5. The van der Waals surface area contributed by atoms with Crippen LogP contribution in [0.15, 0.2) is 0 Å². The van der Waals surface area contributed by atoms with Crippen molar-refractivity contribution in [1.29, 1.82) is 0 Å². The van der Waals surface area contributed by atoms with Crippen molar-refractivity contribution in [2.24, 2.45) is 11.8 Å². The Morgan fingerprint density at radius 2 is 2.00 bits per heavy atom. The van der Waals surface area contributed by atoms with E-state index in [0.29, 0.717) is 5.92 Å². The molecule has 90 valence electrons. The lowest BCUT2D eigenvalue weighted by Crippen LogP contribution is -2.54. The van der Waals surface area contributed by atoms with E-state index < -0.39 is 14.6 Å². The highest BCUT2D eigenvalue weighted by atomic mass is 32.2. The van der Waals surface area contributed by atoms with Crippen LogP contribution in [0.25, 0.3) is 0 Å². The van der Waals surface area contributed by atoms with Gasteiger partial charge in [0, 0.05) is 12.3 Å². The van der Waals surface area contributed by atoms with Gasteiger partial charge >= 0.3 is 0 Å². The van der Waals surface area contributed by atoms with E-state index in [1.807, 2.05) is 0 Å². The first-order chi connectivity index (χ1) is 6.79. The molecule has 1 aliphatic rings. The fourth-order valence-electron chi connectivity index (χ4n) is 1.87. The number of hydrogen-bond acceptors (Lipinski definition) is 4. The lowest BCUT2D eigenvalue weighted by Gasteiger charge is -2.37. The second-order valence-electron chi connectivity index (χ2n) is 5.13. The van der Waals surface area contributed by atoms with Crippen LogP contribution in [0.2, 0.25) is 0 Å². The molecular formula is C10H22N2O2S. The Kier molecular flexibility index (Phi) is 3.79. The highest BCUT2D eigenvalue weighted by Crippen LogP contribution is 2.34. The number of sulfone groups is 1. The first-order valence-corrected chi connectivity index (χ1v) is 7.34. The lowest BCUT2D eigenvalue weighted by molar-refractivity contribution is 0.240. The number of rotatable bonds is 5. The second-order valence-corrected chi connectivity index (χ2v) is 7.72. The van der Waals surface area contributed by atoms with Gasteiger partial charge in [-0.15, -0.1) is 0 Å². The highest BCUT2D eigenvalue weighted by molar-refractivity contribution is 7.92. The van der Waals surface area contributed by atoms with Gasteiger partial charge in [-0.05, 0) is 26.2 Å². The van der Waals surface area contributed by atoms with Crippen LogP contribution in [0, 0.1) is 5.92 Å². The number of hydrazine groups is 1. The maximum atomic E-state index is 11.6. The minimum Gasteiger partial charge on any atom is -0.271 e. The second kappa shape index (κ2) is 4.39. The van der Waals surface area contributed by atoms with E-state index in [4.69, 9.17) is 5.84 Å². The topological polar surface area (TPSA) is 72.2 Å². The molecule has 1 saturated carbocycles. The molecule has 3 N–H and O–H groups in total. The number of nitrogens with two attached hydrogens (primary N) is 1. The summed E-state index contributed by atoms with van der Waals surface area (Å²) in [5.41, 5.74) is 2.67. The van der Waals surface area contributed by atoms with Crippen molar-refractivity contribution in [1.82, 2.24) is 5.43 Å². The van der Waals surface area contributed by atoms with Gasteiger partial charge in [-0.1, -0.05) is 19.3 Å². The first-order valence-electron chi connectivity index (χ1n) is 5.44. The number of nitrogens with one attached hydrogen (secondary N) is 1. The van der Waals surface area contributed by atoms with Crippen LogP contribution in [0.5, 0.6) is 0 Å². The fourth-order valence-corrected chi connectivity index (χ4v) is 2.55. The Morgan fingerprint density at radius 1 is 1.47 bits per heavy atom. The van der Waals surface area contributed by atoms with Crippen LogP contribution in [0.3, 0.4) is 0 Å². The van der Waals surface area contributed by atoms with Crippen LogP contribution in [0.4, 0.5) is 0 Å². The Balaban J connectivity index is 2.71. The van der Waals surface area contributed by atoms with E-state index in [9.17, 15) is 8.42 Å². The van der Waals surface area contributed by atoms with Gasteiger partial charge in [0.1, 0.15) is 0 Å². The van der Waals surface area contributed by atoms with Gasteiger partial charge in [-0.3, -0.25) is 11.3 Å². The average molecular weight is 234 g/mol. The molecule has 1 rings (SSSR count). The monoisotopic (exact) mass is 234 g/mol. The van der Waals surface area contributed by atoms with Crippen LogP contribution >= 0.6 is 0 Å². The number of hydrogen-bond donors (Lipinski definition) is 2. The lowest BCUT2D eigenvalue weighted by atomic mass is 9.79. The van der Waals surface area contributed by atoms with Crippen molar-refractivity contribution in [3.63, 3.8) is 0 Å². The summed E-state index contributed by atoms with van der Waals surface area (Å²) in [6.45, 7) is 3.48. The van der Waals surface area contributed by atoms with Crippen molar-refractivity contribution in [2.45, 2.75) is 50.3 Å². The third-order valence-electron chi connectivity index (χ3n) is 3.79. The molecule has 5 heteroatoms. The van der Waals surface area contributed by atoms with Gasteiger partial charge in [-0.25, -0.2) is 8.42 Å². The zero-order valence-corrected chi connectivity index (χ0v) is 10.6. The first kappa shape index (κ1) is 12.9.